The Hall–Kier alpha value is -1.76. The quantitative estimate of drug-likeness (QED) is 0.651. The molecule has 1 heteroatoms. The van der Waals surface area contributed by atoms with Gasteiger partial charge in [0.1, 0.15) is 0 Å². The van der Waals surface area contributed by atoms with Crippen LogP contribution in [0.15, 0.2) is 55.4 Å². The molecular formula is C12H11N. The second-order valence-corrected chi connectivity index (χ2v) is 2.89. The van der Waals surface area contributed by atoms with Crippen molar-refractivity contribution >= 4 is 6.08 Å². The van der Waals surface area contributed by atoms with Crippen molar-refractivity contribution in [2.45, 2.75) is 0 Å². The third-order valence-corrected chi connectivity index (χ3v) is 2.03. The minimum absolute atomic E-state index is 1.15. The summed E-state index contributed by atoms with van der Waals surface area (Å²) in [7, 11) is 0. The summed E-state index contributed by atoms with van der Waals surface area (Å²) in [5, 5.41) is 0. The molecule has 0 atom stereocenters. The number of rotatable bonds is 2. The Morgan fingerprint density at radius 2 is 1.62 bits per heavy atom. The molecular weight excluding hydrogens is 158 g/mol. The zero-order chi connectivity index (χ0) is 9.10. The highest BCUT2D eigenvalue weighted by molar-refractivity contribution is 5.49. The lowest BCUT2D eigenvalue weighted by atomic mass is 10.2. The van der Waals surface area contributed by atoms with Crippen LogP contribution in [0.3, 0.4) is 0 Å². The van der Waals surface area contributed by atoms with Gasteiger partial charge in [-0.1, -0.05) is 24.8 Å². The summed E-state index contributed by atoms with van der Waals surface area (Å²) in [6.45, 7) is 3.72. The van der Waals surface area contributed by atoms with E-state index >= 15 is 0 Å². The van der Waals surface area contributed by atoms with Gasteiger partial charge in [-0.05, 0) is 29.8 Å². The topological polar surface area (TPSA) is 4.93 Å². The zero-order valence-electron chi connectivity index (χ0n) is 7.35. The van der Waals surface area contributed by atoms with E-state index in [4.69, 9.17) is 0 Å². The number of aromatic nitrogens is 1. The van der Waals surface area contributed by atoms with Crippen LogP contribution in [0.4, 0.5) is 0 Å². The Morgan fingerprint density at radius 1 is 1.00 bits per heavy atom. The molecule has 1 aromatic heterocycles. The number of nitrogens with zero attached hydrogens (tertiary/aromatic N) is 1. The fourth-order valence-electron chi connectivity index (χ4n) is 1.29. The van der Waals surface area contributed by atoms with E-state index in [-0.39, 0.29) is 0 Å². The second kappa shape index (κ2) is 3.31. The predicted molar refractivity (Wildman–Crippen MR) is 55.9 cm³/mol. The van der Waals surface area contributed by atoms with E-state index in [1.54, 1.807) is 0 Å². The van der Waals surface area contributed by atoms with Crippen molar-refractivity contribution in [1.82, 2.24) is 4.57 Å². The molecule has 0 radical (unpaired) electrons. The third-order valence-electron chi connectivity index (χ3n) is 2.03. The number of hydrogen-bond acceptors (Lipinski definition) is 0. The highest BCUT2D eigenvalue weighted by Crippen LogP contribution is 2.10. The van der Waals surface area contributed by atoms with Gasteiger partial charge in [-0.2, -0.15) is 0 Å². The van der Waals surface area contributed by atoms with Crippen molar-refractivity contribution < 1.29 is 0 Å². The van der Waals surface area contributed by atoms with Crippen LogP contribution in [-0.2, 0) is 0 Å². The van der Waals surface area contributed by atoms with Crippen LogP contribution in [0, 0.1) is 0 Å². The summed E-state index contributed by atoms with van der Waals surface area (Å²) in [5.74, 6) is 0. The fourth-order valence-corrected chi connectivity index (χ4v) is 1.29. The molecule has 1 aromatic carbocycles. The monoisotopic (exact) mass is 169 g/mol. The van der Waals surface area contributed by atoms with Crippen molar-refractivity contribution in [3.05, 3.63) is 60.9 Å². The van der Waals surface area contributed by atoms with E-state index in [1.807, 2.05) is 30.6 Å². The normalized spacial score (nSPS) is 9.85. The third kappa shape index (κ3) is 1.54. The van der Waals surface area contributed by atoms with Crippen LogP contribution in [0.5, 0.6) is 0 Å². The average Bonchev–Trinajstić information content (AvgIpc) is 2.71. The Labute approximate surface area is 77.9 Å². The van der Waals surface area contributed by atoms with Gasteiger partial charge in [0.25, 0.3) is 0 Å². The van der Waals surface area contributed by atoms with Crippen molar-refractivity contribution in [1.29, 1.82) is 0 Å². The lowest BCUT2D eigenvalue weighted by molar-refractivity contribution is 1.08. The Kier molecular flexibility index (Phi) is 2.01. The lowest BCUT2D eigenvalue weighted by Gasteiger charge is -2.02. The molecule has 1 nitrogen and oxygen atoms in total. The van der Waals surface area contributed by atoms with E-state index in [0.717, 1.165) is 5.56 Å². The van der Waals surface area contributed by atoms with Gasteiger partial charge in [-0.3, -0.25) is 0 Å². The summed E-state index contributed by atoms with van der Waals surface area (Å²) < 4.78 is 2.08. The molecule has 0 bridgehead atoms. The van der Waals surface area contributed by atoms with E-state index in [2.05, 4.69) is 35.4 Å². The number of benzene rings is 1. The van der Waals surface area contributed by atoms with Crippen molar-refractivity contribution in [2.75, 3.05) is 0 Å². The van der Waals surface area contributed by atoms with Gasteiger partial charge in [-0.15, -0.1) is 0 Å². The van der Waals surface area contributed by atoms with Gasteiger partial charge in [-0.25, -0.2) is 0 Å². The lowest BCUT2D eigenvalue weighted by Crippen LogP contribution is -1.88. The standard InChI is InChI=1S/C12H11N/c1-2-11-5-7-12(8-6-11)13-9-3-4-10-13/h2-10H,1H2. The van der Waals surface area contributed by atoms with Crippen LogP contribution in [0.25, 0.3) is 11.8 Å². The Balaban J connectivity index is 2.38. The van der Waals surface area contributed by atoms with Crippen LogP contribution in [0.2, 0.25) is 0 Å². The van der Waals surface area contributed by atoms with Gasteiger partial charge >= 0.3 is 0 Å². The minimum atomic E-state index is 1.15. The highest BCUT2D eigenvalue weighted by atomic mass is 14.9. The maximum Gasteiger partial charge on any atom is 0.0449 e. The number of hydrogen-bond donors (Lipinski definition) is 0. The molecule has 13 heavy (non-hydrogen) atoms. The fraction of sp³-hybridized carbons (Fsp3) is 0. The van der Waals surface area contributed by atoms with E-state index in [9.17, 15) is 0 Å². The molecule has 0 amide bonds. The molecule has 0 aliphatic rings. The maximum atomic E-state index is 3.72. The minimum Gasteiger partial charge on any atom is -0.324 e. The molecule has 0 unspecified atom stereocenters. The predicted octanol–water partition coefficient (Wildman–Crippen LogP) is 3.12. The summed E-state index contributed by atoms with van der Waals surface area (Å²) in [6.07, 6.45) is 5.91. The largest absolute Gasteiger partial charge is 0.324 e. The molecule has 2 aromatic rings. The summed E-state index contributed by atoms with van der Waals surface area (Å²) in [6, 6.07) is 12.3. The van der Waals surface area contributed by atoms with Crippen molar-refractivity contribution in [3.63, 3.8) is 0 Å². The van der Waals surface area contributed by atoms with E-state index < -0.39 is 0 Å². The molecule has 0 fully saturated rings. The summed E-state index contributed by atoms with van der Waals surface area (Å²) in [5.41, 5.74) is 2.33. The first kappa shape index (κ1) is 7.87. The van der Waals surface area contributed by atoms with Crippen molar-refractivity contribution in [3.8, 4) is 5.69 Å². The summed E-state index contributed by atoms with van der Waals surface area (Å²) >= 11 is 0. The smallest absolute Gasteiger partial charge is 0.0449 e. The van der Waals surface area contributed by atoms with Crippen LogP contribution in [-0.4, -0.2) is 4.57 Å². The Bertz CT molecular complexity index is 382. The van der Waals surface area contributed by atoms with Gasteiger partial charge in [0, 0.05) is 18.1 Å². The first-order valence-corrected chi connectivity index (χ1v) is 4.26. The Morgan fingerprint density at radius 3 is 2.15 bits per heavy atom. The molecule has 2 rings (SSSR count). The van der Waals surface area contributed by atoms with Gasteiger partial charge in [0.05, 0.1) is 0 Å². The molecule has 0 saturated carbocycles. The van der Waals surface area contributed by atoms with Crippen LogP contribution in [0.1, 0.15) is 5.56 Å². The van der Waals surface area contributed by atoms with E-state index in [1.165, 1.54) is 5.69 Å². The molecule has 0 aliphatic heterocycles. The average molecular weight is 169 g/mol. The molecule has 0 aliphatic carbocycles. The molecule has 1 heterocycles. The van der Waals surface area contributed by atoms with Gasteiger partial charge in [0.15, 0.2) is 0 Å². The second-order valence-electron chi connectivity index (χ2n) is 2.89. The first-order valence-electron chi connectivity index (χ1n) is 4.26. The van der Waals surface area contributed by atoms with Gasteiger partial charge in [0.2, 0.25) is 0 Å². The van der Waals surface area contributed by atoms with Crippen molar-refractivity contribution in [2.24, 2.45) is 0 Å². The first-order chi connectivity index (χ1) is 6.40. The van der Waals surface area contributed by atoms with Crippen LogP contribution < -0.4 is 0 Å². The molecule has 0 saturated heterocycles. The summed E-state index contributed by atoms with van der Waals surface area (Å²) in [4.78, 5) is 0. The molecule has 0 N–H and O–H groups in total. The van der Waals surface area contributed by atoms with Crippen LogP contribution >= 0.6 is 0 Å². The molecule has 64 valence electrons. The molecule has 0 spiro atoms. The maximum absolute atomic E-state index is 3.72. The van der Waals surface area contributed by atoms with Gasteiger partial charge < -0.3 is 4.57 Å². The SMILES string of the molecule is C=Cc1ccc(-n2cccc2)cc1. The zero-order valence-corrected chi connectivity index (χ0v) is 7.35. The highest BCUT2D eigenvalue weighted by Gasteiger charge is 1.92. The van der Waals surface area contributed by atoms with E-state index in [0.29, 0.717) is 0 Å².